The van der Waals surface area contributed by atoms with E-state index in [4.69, 9.17) is 4.74 Å². The molecule has 0 spiro atoms. The maximum atomic E-state index is 5.72. The molecule has 5 nitrogen and oxygen atoms in total. The molecule has 0 aliphatic carbocycles. The second-order valence-electron chi connectivity index (χ2n) is 6.68. The van der Waals surface area contributed by atoms with Crippen LogP contribution in [0.25, 0.3) is 0 Å². The van der Waals surface area contributed by atoms with Crippen LogP contribution in [-0.2, 0) is 18.3 Å². The van der Waals surface area contributed by atoms with E-state index in [-0.39, 0.29) is 0 Å². The largest absolute Gasteiger partial charge is 0.381 e. The minimum Gasteiger partial charge on any atom is -0.381 e. The van der Waals surface area contributed by atoms with E-state index in [1.807, 2.05) is 6.33 Å². The highest BCUT2D eigenvalue weighted by atomic mass is 16.5. The number of fused-ring (bicyclic) bond motifs is 1. The van der Waals surface area contributed by atoms with Crippen molar-refractivity contribution in [1.82, 2.24) is 19.4 Å². The third-order valence-electron chi connectivity index (χ3n) is 5.01. The Morgan fingerprint density at radius 2 is 1.95 bits per heavy atom. The molecule has 1 aromatic rings. The lowest BCUT2D eigenvalue weighted by Crippen LogP contribution is -2.42. The van der Waals surface area contributed by atoms with Gasteiger partial charge in [-0.2, -0.15) is 0 Å². The Balaban J connectivity index is 1.59. The lowest BCUT2D eigenvalue weighted by Gasteiger charge is -2.35. The van der Waals surface area contributed by atoms with Gasteiger partial charge in [0.05, 0.1) is 18.6 Å². The van der Waals surface area contributed by atoms with E-state index in [0.717, 1.165) is 32.8 Å². The Bertz CT molecular complexity index is 467. The molecule has 5 heteroatoms. The average molecular weight is 306 g/mol. The molecule has 3 rings (SSSR count). The van der Waals surface area contributed by atoms with E-state index >= 15 is 0 Å². The molecule has 0 amide bonds. The zero-order valence-electron chi connectivity index (χ0n) is 14.1. The van der Waals surface area contributed by atoms with Crippen LogP contribution in [0, 0.1) is 0 Å². The van der Waals surface area contributed by atoms with Crippen molar-refractivity contribution in [2.75, 3.05) is 45.9 Å². The zero-order valence-corrected chi connectivity index (χ0v) is 14.1. The minimum atomic E-state index is 0.456. The molecule has 1 atom stereocenters. The Labute approximate surface area is 134 Å². The van der Waals surface area contributed by atoms with Crippen LogP contribution in [0.15, 0.2) is 6.33 Å². The molecule has 1 aromatic heterocycles. The van der Waals surface area contributed by atoms with Gasteiger partial charge in [-0.05, 0) is 32.9 Å². The molecule has 0 unspecified atom stereocenters. The predicted molar refractivity (Wildman–Crippen MR) is 88.0 cm³/mol. The molecule has 1 saturated heterocycles. The predicted octanol–water partition coefficient (Wildman–Crippen LogP) is 1.84. The fourth-order valence-electron chi connectivity index (χ4n) is 3.84. The van der Waals surface area contributed by atoms with Gasteiger partial charge in [-0.25, -0.2) is 4.98 Å². The van der Waals surface area contributed by atoms with Crippen molar-refractivity contribution in [1.29, 1.82) is 0 Å². The number of nitrogens with zero attached hydrogens (tertiary/aromatic N) is 4. The third kappa shape index (κ3) is 3.70. The molecule has 3 heterocycles. The van der Waals surface area contributed by atoms with Crippen molar-refractivity contribution in [2.24, 2.45) is 7.05 Å². The number of rotatable bonds is 6. The van der Waals surface area contributed by atoms with Crippen LogP contribution >= 0.6 is 0 Å². The maximum Gasteiger partial charge on any atom is 0.0949 e. The van der Waals surface area contributed by atoms with Crippen molar-refractivity contribution in [3.63, 3.8) is 0 Å². The molecular formula is C17H30N4O. The molecule has 124 valence electrons. The summed E-state index contributed by atoms with van der Waals surface area (Å²) in [4.78, 5) is 9.79. The first kappa shape index (κ1) is 16.0. The molecule has 2 aliphatic heterocycles. The van der Waals surface area contributed by atoms with E-state index in [9.17, 15) is 0 Å². The van der Waals surface area contributed by atoms with Crippen molar-refractivity contribution in [3.05, 3.63) is 17.7 Å². The number of hydrogen-bond acceptors (Lipinski definition) is 4. The second-order valence-corrected chi connectivity index (χ2v) is 6.68. The first-order valence-electron chi connectivity index (χ1n) is 8.80. The van der Waals surface area contributed by atoms with Crippen LogP contribution in [0.3, 0.4) is 0 Å². The first-order valence-corrected chi connectivity index (χ1v) is 8.80. The van der Waals surface area contributed by atoms with Gasteiger partial charge in [0.1, 0.15) is 0 Å². The smallest absolute Gasteiger partial charge is 0.0949 e. The molecule has 0 bridgehead atoms. The third-order valence-corrected chi connectivity index (χ3v) is 5.01. The van der Waals surface area contributed by atoms with Crippen molar-refractivity contribution in [2.45, 2.75) is 38.6 Å². The van der Waals surface area contributed by atoms with Gasteiger partial charge in [-0.3, -0.25) is 4.90 Å². The Morgan fingerprint density at radius 1 is 1.18 bits per heavy atom. The topological polar surface area (TPSA) is 33.5 Å². The average Bonchev–Trinajstić information content (AvgIpc) is 2.93. The summed E-state index contributed by atoms with van der Waals surface area (Å²) >= 11 is 0. The Kier molecular flexibility index (Phi) is 5.50. The summed E-state index contributed by atoms with van der Waals surface area (Å²) < 4.78 is 7.90. The van der Waals surface area contributed by atoms with Gasteiger partial charge >= 0.3 is 0 Å². The van der Waals surface area contributed by atoms with E-state index in [0.29, 0.717) is 5.92 Å². The van der Waals surface area contributed by atoms with Crippen molar-refractivity contribution < 1.29 is 4.74 Å². The van der Waals surface area contributed by atoms with Crippen molar-refractivity contribution >= 4 is 0 Å². The summed E-state index contributed by atoms with van der Waals surface area (Å²) in [6.45, 7) is 10.7. The summed E-state index contributed by atoms with van der Waals surface area (Å²) in [5.41, 5.74) is 2.62. The van der Waals surface area contributed by atoms with E-state index < -0.39 is 0 Å². The van der Waals surface area contributed by atoms with Crippen molar-refractivity contribution in [3.8, 4) is 0 Å². The minimum absolute atomic E-state index is 0.456. The van der Waals surface area contributed by atoms with Gasteiger partial charge in [0.15, 0.2) is 0 Å². The van der Waals surface area contributed by atoms with Gasteiger partial charge in [0, 0.05) is 51.4 Å². The normalized spacial score (nSPS) is 23.6. The molecule has 2 aliphatic rings. The summed E-state index contributed by atoms with van der Waals surface area (Å²) in [5, 5.41) is 0. The second kappa shape index (κ2) is 7.57. The van der Waals surface area contributed by atoms with Gasteiger partial charge in [0.25, 0.3) is 0 Å². The first-order chi connectivity index (χ1) is 10.8. The van der Waals surface area contributed by atoms with Gasteiger partial charge < -0.3 is 14.2 Å². The maximum absolute atomic E-state index is 5.72. The molecule has 1 fully saturated rings. The molecular weight excluding hydrogens is 276 g/mol. The highest BCUT2D eigenvalue weighted by Gasteiger charge is 2.29. The molecule has 0 saturated carbocycles. The Morgan fingerprint density at radius 3 is 2.73 bits per heavy atom. The van der Waals surface area contributed by atoms with Crippen LogP contribution in [0.2, 0.25) is 0 Å². The van der Waals surface area contributed by atoms with Crippen LogP contribution in [-0.4, -0.2) is 65.3 Å². The number of likely N-dealkylation sites (tertiary alicyclic amines) is 1. The Hall–Kier alpha value is -0.910. The summed E-state index contributed by atoms with van der Waals surface area (Å²) in [7, 11) is 2.11. The van der Waals surface area contributed by atoms with Crippen LogP contribution in [0.1, 0.15) is 43.5 Å². The van der Waals surface area contributed by atoms with E-state index in [1.165, 1.54) is 50.3 Å². The van der Waals surface area contributed by atoms with Gasteiger partial charge in [-0.1, -0.05) is 6.42 Å². The van der Waals surface area contributed by atoms with Crippen LogP contribution in [0.5, 0.6) is 0 Å². The number of aromatic nitrogens is 2. The number of hydrogen-bond donors (Lipinski definition) is 0. The van der Waals surface area contributed by atoms with E-state index in [1.54, 1.807) is 0 Å². The van der Waals surface area contributed by atoms with E-state index in [2.05, 4.69) is 33.3 Å². The summed E-state index contributed by atoms with van der Waals surface area (Å²) in [6.07, 6.45) is 6.11. The standard InChI is InChI=1S/C17H30N4O/c1-3-22-13-15-11-21(10-9-20-7-5-4-6-8-20)12-16-17(15)19(2)14-18-16/h14-15H,3-13H2,1-2H3/t15-/m1/s1. The lowest BCUT2D eigenvalue weighted by molar-refractivity contribution is 0.0979. The highest BCUT2D eigenvalue weighted by molar-refractivity contribution is 5.21. The zero-order chi connectivity index (χ0) is 15.4. The molecule has 0 N–H and O–H groups in total. The molecule has 0 radical (unpaired) electrons. The summed E-state index contributed by atoms with van der Waals surface area (Å²) in [6, 6.07) is 0. The highest BCUT2D eigenvalue weighted by Crippen LogP contribution is 2.27. The number of ether oxygens (including phenoxy) is 1. The number of imidazole rings is 1. The summed E-state index contributed by atoms with van der Waals surface area (Å²) in [5.74, 6) is 0.456. The van der Waals surface area contributed by atoms with Crippen LogP contribution in [0.4, 0.5) is 0 Å². The number of piperidine rings is 1. The molecule has 22 heavy (non-hydrogen) atoms. The number of aryl methyl sites for hydroxylation is 1. The van der Waals surface area contributed by atoms with Crippen LogP contribution < -0.4 is 0 Å². The molecule has 0 aromatic carbocycles. The van der Waals surface area contributed by atoms with Gasteiger partial charge in [0.2, 0.25) is 0 Å². The lowest BCUT2D eigenvalue weighted by atomic mass is 9.99. The monoisotopic (exact) mass is 306 g/mol. The fourth-order valence-corrected chi connectivity index (χ4v) is 3.84. The SMILES string of the molecule is CCOC[C@H]1CN(CCN2CCCCC2)Cc2ncn(C)c21. The van der Waals surface area contributed by atoms with Gasteiger partial charge in [-0.15, -0.1) is 0 Å². The fraction of sp³-hybridized carbons (Fsp3) is 0.824. The quantitative estimate of drug-likeness (QED) is 0.803.